The van der Waals surface area contributed by atoms with Gasteiger partial charge in [0.05, 0.1) is 5.92 Å². The highest BCUT2D eigenvalue weighted by Crippen LogP contribution is 2.21. The van der Waals surface area contributed by atoms with Crippen molar-refractivity contribution in [1.82, 2.24) is 4.90 Å². The standard InChI is InChI=1S/C14H17NO3S/c1-10-2-4-12(5-3-10)19-7-6-15-9-11(14(17)18)8-13(15)16/h2-5,11H,6-9H2,1H3,(H,17,18). The van der Waals surface area contributed by atoms with Gasteiger partial charge < -0.3 is 10.0 Å². The lowest BCUT2D eigenvalue weighted by atomic mass is 10.1. The summed E-state index contributed by atoms with van der Waals surface area (Å²) in [7, 11) is 0. The van der Waals surface area contributed by atoms with Crippen molar-refractivity contribution >= 4 is 23.6 Å². The minimum Gasteiger partial charge on any atom is -0.481 e. The molecule has 2 rings (SSSR count). The van der Waals surface area contributed by atoms with Crippen LogP contribution in [0.3, 0.4) is 0 Å². The molecule has 4 nitrogen and oxygen atoms in total. The van der Waals surface area contributed by atoms with E-state index in [0.29, 0.717) is 13.1 Å². The second kappa shape index (κ2) is 6.10. The number of aliphatic carboxylic acids is 1. The third-order valence-corrected chi connectivity index (χ3v) is 4.21. The zero-order valence-corrected chi connectivity index (χ0v) is 11.7. The monoisotopic (exact) mass is 279 g/mol. The smallest absolute Gasteiger partial charge is 0.308 e. The van der Waals surface area contributed by atoms with Gasteiger partial charge in [0, 0.05) is 30.2 Å². The van der Waals surface area contributed by atoms with E-state index in [1.807, 2.05) is 6.92 Å². The molecular weight excluding hydrogens is 262 g/mol. The summed E-state index contributed by atoms with van der Waals surface area (Å²) in [4.78, 5) is 25.3. The summed E-state index contributed by atoms with van der Waals surface area (Å²) in [6, 6.07) is 8.24. The summed E-state index contributed by atoms with van der Waals surface area (Å²) in [5.74, 6) is -0.656. The maximum Gasteiger partial charge on any atom is 0.308 e. The molecule has 19 heavy (non-hydrogen) atoms. The number of thioether (sulfide) groups is 1. The number of likely N-dealkylation sites (tertiary alicyclic amines) is 1. The Hall–Kier alpha value is -1.49. The molecule has 0 aromatic heterocycles. The van der Waals surface area contributed by atoms with E-state index in [9.17, 15) is 9.59 Å². The first kappa shape index (κ1) is 13.9. The lowest BCUT2D eigenvalue weighted by molar-refractivity contribution is -0.141. The van der Waals surface area contributed by atoms with E-state index in [1.165, 1.54) is 10.5 Å². The van der Waals surface area contributed by atoms with Gasteiger partial charge in [-0.05, 0) is 19.1 Å². The summed E-state index contributed by atoms with van der Waals surface area (Å²) in [5, 5.41) is 8.89. The van der Waals surface area contributed by atoms with Crippen molar-refractivity contribution in [3.05, 3.63) is 29.8 Å². The van der Waals surface area contributed by atoms with Gasteiger partial charge in [-0.3, -0.25) is 9.59 Å². The van der Waals surface area contributed by atoms with Crippen molar-refractivity contribution in [2.24, 2.45) is 5.92 Å². The molecule has 0 radical (unpaired) electrons. The van der Waals surface area contributed by atoms with E-state index in [2.05, 4.69) is 24.3 Å². The van der Waals surface area contributed by atoms with Crippen LogP contribution in [0, 0.1) is 12.8 Å². The minimum absolute atomic E-state index is 0.0445. The van der Waals surface area contributed by atoms with Gasteiger partial charge in [0.15, 0.2) is 0 Å². The summed E-state index contributed by atoms with van der Waals surface area (Å²) >= 11 is 1.69. The Morgan fingerprint density at radius 2 is 2.11 bits per heavy atom. The van der Waals surface area contributed by atoms with Gasteiger partial charge in [0.25, 0.3) is 0 Å². The molecule has 1 N–H and O–H groups in total. The lowest BCUT2D eigenvalue weighted by Crippen LogP contribution is -2.28. The first-order chi connectivity index (χ1) is 9.06. The molecule has 1 aromatic rings. The van der Waals surface area contributed by atoms with Crippen LogP contribution >= 0.6 is 11.8 Å². The first-order valence-electron chi connectivity index (χ1n) is 6.26. The number of amides is 1. The Bertz CT molecular complexity index is 472. The number of hydrogen-bond donors (Lipinski definition) is 1. The van der Waals surface area contributed by atoms with Crippen molar-refractivity contribution in [1.29, 1.82) is 0 Å². The first-order valence-corrected chi connectivity index (χ1v) is 7.25. The Labute approximate surface area is 116 Å². The predicted molar refractivity (Wildman–Crippen MR) is 74.2 cm³/mol. The second-order valence-corrected chi connectivity index (χ2v) is 5.91. The van der Waals surface area contributed by atoms with Gasteiger partial charge in [-0.2, -0.15) is 0 Å². The number of hydrogen-bond acceptors (Lipinski definition) is 3. The number of benzene rings is 1. The fourth-order valence-electron chi connectivity index (χ4n) is 2.06. The highest BCUT2D eigenvalue weighted by Gasteiger charge is 2.33. The van der Waals surface area contributed by atoms with E-state index in [4.69, 9.17) is 5.11 Å². The number of carboxylic acid groups (broad SMARTS) is 1. The molecule has 1 atom stereocenters. The van der Waals surface area contributed by atoms with Crippen LogP contribution in [0.5, 0.6) is 0 Å². The minimum atomic E-state index is -0.873. The average molecular weight is 279 g/mol. The van der Waals surface area contributed by atoms with Gasteiger partial charge in [-0.1, -0.05) is 17.7 Å². The molecule has 1 unspecified atom stereocenters. The van der Waals surface area contributed by atoms with Crippen LogP contribution in [-0.4, -0.2) is 40.7 Å². The zero-order valence-electron chi connectivity index (χ0n) is 10.8. The Kier molecular flexibility index (Phi) is 4.47. The average Bonchev–Trinajstić information content (AvgIpc) is 2.74. The number of carbonyl (C=O) groups is 2. The van der Waals surface area contributed by atoms with E-state index in [0.717, 1.165) is 5.75 Å². The van der Waals surface area contributed by atoms with Crippen LogP contribution in [0.1, 0.15) is 12.0 Å². The lowest BCUT2D eigenvalue weighted by Gasteiger charge is -2.15. The molecule has 1 aliphatic rings. The largest absolute Gasteiger partial charge is 0.481 e. The molecule has 0 spiro atoms. The molecule has 0 bridgehead atoms. The van der Waals surface area contributed by atoms with Gasteiger partial charge in [0.1, 0.15) is 0 Å². The van der Waals surface area contributed by atoms with Crippen LogP contribution in [0.4, 0.5) is 0 Å². The van der Waals surface area contributed by atoms with E-state index >= 15 is 0 Å². The van der Waals surface area contributed by atoms with Crippen LogP contribution in [0.25, 0.3) is 0 Å². The molecule has 1 heterocycles. The van der Waals surface area contributed by atoms with Crippen LogP contribution in [0.15, 0.2) is 29.2 Å². The van der Waals surface area contributed by atoms with Crippen molar-refractivity contribution in [2.75, 3.05) is 18.8 Å². The molecule has 102 valence electrons. The summed E-state index contributed by atoms with van der Waals surface area (Å²) in [6.07, 6.45) is 0.143. The van der Waals surface area contributed by atoms with Gasteiger partial charge >= 0.3 is 5.97 Å². The third kappa shape index (κ3) is 3.73. The fourth-order valence-corrected chi connectivity index (χ4v) is 2.94. The maximum atomic E-state index is 11.6. The molecule has 5 heteroatoms. The van der Waals surface area contributed by atoms with Crippen molar-refractivity contribution in [3.63, 3.8) is 0 Å². The van der Waals surface area contributed by atoms with Crippen molar-refractivity contribution in [2.45, 2.75) is 18.2 Å². The maximum absolute atomic E-state index is 11.6. The second-order valence-electron chi connectivity index (χ2n) is 4.74. The summed E-state index contributed by atoms with van der Waals surface area (Å²) in [6.45, 7) is 3.01. The van der Waals surface area contributed by atoms with Crippen molar-refractivity contribution in [3.8, 4) is 0 Å². The Morgan fingerprint density at radius 3 is 2.68 bits per heavy atom. The molecule has 1 amide bonds. The zero-order chi connectivity index (χ0) is 13.8. The number of rotatable bonds is 5. The van der Waals surface area contributed by atoms with Crippen molar-refractivity contribution < 1.29 is 14.7 Å². The SMILES string of the molecule is Cc1ccc(SCCN2CC(C(=O)O)CC2=O)cc1. The number of aryl methyl sites for hydroxylation is 1. The third-order valence-electron chi connectivity index (χ3n) is 3.21. The van der Waals surface area contributed by atoms with Gasteiger partial charge in [-0.15, -0.1) is 11.8 Å². The van der Waals surface area contributed by atoms with Gasteiger partial charge in [-0.25, -0.2) is 0 Å². The van der Waals surface area contributed by atoms with Crippen LogP contribution in [-0.2, 0) is 9.59 Å². The molecule has 0 saturated carbocycles. The molecule has 1 fully saturated rings. The van der Waals surface area contributed by atoms with E-state index in [1.54, 1.807) is 16.7 Å². The molecular formula is C14H17NO3S. The van der Waals surface area contributed by atoms with Gasteiger partial charge in [0.2, 0.25) is 5.91 Å². The Morgan fingerprint density at radius 1 is 1.42 bits per heavy atom. The van der Waals surface area contributed by atoms with E-state index in [-0.39, 0.29) is 12.3 Å². The number of carbonyl (C=O) groups excluding carboxylic acids is 1. The molecule has 1 aromatic carbocycles. The fraction of sp³-hybridized carbons (Fsp3) is 0.429. The van der Waals surface area contributed by atoms with E-state index < -0.39 is 11.9 Å². The summed E-state index contributed by atoms with van der Waals surface area (Å²) < 4.78 is 0. The van der Waals surface area contributed by atoms with Crippen LogP contribution in [0.2, 0.25) is 0 Å². The predicted octanol–water partition coefficient (Wildman–Crippen LogP) is 2.02. The highest BCUT2D eigenvalue weighted by molar-refractivity contribution is 7.99. The summed E-state index contributed by atoms with van der Waals surface area (Å²) in [5.41, 5.74) is 1.23. The van der Waals surface area contributed by atoms with Crippen LogP contribution < -0.4 is 0 Å². The molecule has 1 saturated heterocycles. The quantitative estimate of drug-likeness (QED) is 0.838. The Balaban J connectivity index is 1.78. The number of carboxylic acids is 1. The highest BCUT2D eigenvalue weighted by atomic mass is 32.2. The topological polar surface area (TPSA) is 57.6 Å². The molecule has 0 aliphatic carbocycles. The molecule has 1 aliphatic heterocycles. The number of nitrogens with zero attached hydrogens (tertiary/aromatic N) is 1. The normalized spacial score (nSPS) is 18.9.